The zero-order chi connectivity index (χ0) is 0. The van der Waals surface area contributed by atoms with E-state index in [1.165, 1.54) is 0 Å². The van der Waals surface area contributed by atoms with Crippen molar-refractivity contribution in [1.82, 2.24) is 0 Å². The van der Waals surface area contributed by atoms with Crippen LogP contribution in [-0.4, -0.2) is 97.0 Å². The van der Waals surface area contributed by atoms with Crippen LogP contribution in [0.3, 0.4) is 0 Å². The maximum atomic E-state index is 0. The summed E-state index contributed by atoms with van der Waals surface area (Å²) >= 11 is 0. The van der Waals surface area contributed by atoms with Crippen LogP contribution >= 0.6 is 0 Å². The molecule has 4 heteroatoms. The van der Waals surface area contributed by atoms with E-state index in [4.69, 9.17) is 0 Å². The number of rotatable bonds is 0. The molecule has 0 aliphatic rings. The molecule has 0 saturated heterocycles. The molecule has 0 radical (unpaired) electrons. The molecule has 4 heavy (non-hydrogen) atoms. The van der Waals surface area contributed by atoms with Crippen molar-refractivity contribution in [2.45, 2.75) is 0 Å². The second-order valence-corrected chi connectivity index (χ2v) is 0. The van der Waals surface area contributed by atoms with E-state index < -0.39 is 0 Å². The Morgan fingerprint density at radius 3 is 1.00 bits per heavy atom. The molecular formula is H8AlCaLiMg. The Hall–Kier alpha value is 3.16. The molecule has 0 rings (SSSR count). The van der Waals surface area contributed by atoms with Gasteiger partial charge in [-0.1, -0.05) is 0 Å². The molecule has 0 atom stereocenters. The normalized spacial score (nSPS) is 0. The van der Waals surface area contributed by atoms with Gasteiger partial charge in [-0.25, -0.2) is 0 Å². The largest absolute Gasteiger partial charge is 0.316 e. The van der Waals surface area contributed by atoms with Gasteiger partial charge in [0.05, 0.1) is 0 Å². The SMILES string of the molecule is [AlH3].[CaH2].[LiH].[MgH2]. The predicted molar refractivity (Wildman–Crippen MR) is 34.2 cm³/mol. The van der Waals surface area contributed by atoms with Gasteiger partial charge in [0.2, 0.25) is 0 Å². The van der Waals surface area contributed by atoms with Gasteiger partial charge in [-0.05, 0) is 0 Å². The maximum absolute atomic E-state index is 0. The van der Waals surface area contributed by atoms with Gasteiger partial charge in [-0.2, -0.15) is 0 Å². The van der Waals surface area contributed by atoms with E-state index in [1.807, 2.05) is 0 Å². The minimum Gasteiger partial charge on any atom is 0.316 e. The predicted octanol–water partition coefficient (Wildman–Crippen LogP) is -3.66. The van der Waals surface area contributed by atoms with E-state index in [2.05, 4.69) is 0 Å². The summed E-state index contributed by atoms with van der Waals surface area (Å²) in [7, 11) is 0. The summed E-state index contributed by atoms with van der Waals surface area (Å²) in [5.74, 6) is 0. The van der Waals surface area contributed by atoms with Gasteiger partial charge >= 0.3 is 79.7 Å². The average Bonchev–Trinajstić information content (AvgIpc) is 0. The first-order chi connectivity index (χ1) is 0. The Morgan fingerprint density at radius 1 is 1.00 bits per heavy atom. The maximum Gasteiger partial charge on any atom is 0.316 e. The molecule has 0 heterocycles. The molecular weight excluding hydrogens is 98.3 g/mol. The summed E-state index contributed by atoms with van der Waals surface area (Å²) in [6, 6.07) is 0. The summed E-state index contributed by atoms with van der Waals surface area (Å²) in [4.78, 5) is 0. The standard InChI is InChI=1S/Al.Ca.Li.Mg.8H. The zero-order valence-corrected chi connectivity index (χ0v) is 0. The number of hydrogen-bond donors (Lipinski definition) is 0. The van der Waals surface area contributed by atoms with Gasteiger partial charge in [0.15, 0.2) is 17.4 Å². The molecule has 0 spiro atoms. The summed E-state index contributed by atoms with van der Waals surface area (Å²) in [6.07, 6.45) is 0. The third-order valence-corrected chi connectivity index (χ3v) is 0. The van der Waals surface area contributed by atoms with Crippen LogP contribution in [0.25, 0.3) is 0 Å². The first kappa shape index (κ1) is 27.2. The Labute approximate surface area is 94.9 Å². The van der Waals surface area contributed by atoms with Gasteiger partial charge in [-0.3, -0.25) is 0 Å². The quantitative estimate of drug-likeness (QED) is 0.279. The van der Waals surface area contributed by atoms with Gasteiger partial charge in [-0.15, -0.1) is 0 Å². The van der Waals surface area contributed by atoms with E-state index in [9.17, 15) is 0 Å². The third-order valence-electron chi connectivity index (χ3n) is 0. The van der Waals surface area contributed by atoms with E-state index in [0.717, 1.165) is 0 Å². The second kappa shape index (κ2) is 16.4. The van der Waals surface area contributed by atoms with Crippen molar-refractivity contribution in [3.63, 3.8) is 0 Å². The van der Waals surface area contributed by atoms with Crippen LogP contribution in [0, 0.1) is 0 Å². The van der Waals surface area contributed by atoms with Gasteiger partial charge < -0.3 is 0 Å². The molecule has 0 aromatic heterocycles. The molecule has 0 bridgehead atoms. The molecule has 16 valence electrons. The fraction of sp³-hybridized carbons (Fsp3) is 0. The Balaban J connectivity index is 0. The molecule has 0 nitrogen and oxygen atoms in total. The van der Waals surface area contributed by atoms with Crippen molar-refractivity contribution >= 4 is 97.0 Å². The van der Waals surface area contributed by atoms with Crippen molar-refractivity contribution in [3.8, 4) is 0 Å². The first-order valence-corrected chi connectivity index (χ1v) is 0. The minimum absolute atomic E-state index is 0. The average molecular weight is 106 g/mol. The number of hydrogen-bond acceptors (Lipinski definition) is 0. The van der Waals surface area contributed by atoms with Crippen LogP contribution in [0.1, 0.15) is 0 Å². The molecule has 0 N–H and O–H groups in total. The fourth-order valence-electron chi connectivity index (χ4n) is 0. The van der Waals surface area contributed by atoms with Crippen molar-refractivity contribution in [2.24, 2.45) is 0 Å². The first-order valence-electron chi connectivity index (χ1n) is 0. The van der Waals surface area contributed by atoms with Crippen molar-refractivity contribution in [3.05, 3.63) is 0 Å². The Bertz CT molecular complexity index is 8.00. The minimum atomic E-state index is 0. The van der Waals surface area contributed by atoms with Gasteiger partial charge in [0.1, 0.15) is 0 Å². The van der Waals surface area contributed by atoms with Gasteiger partial charge in [0.25, 0.3) is 0 Å². The molecule has 0 fully saturated rings. The van der Waals surface area contributed by atoms with Gasteiger partial charge in [0, 0.05) is 0 Å². The van der Waals surface area contributed by atoms with E-state index in [1.54, 1.807) is 0 Å². The van der Waals surface area contributed by atoms with Crippen LogP contribution in [0.15, 0.2) is 0 Å². The Kier molecular flexibility index (Phi) is 112. The topological polar surface area (TPSA) is 0 Å². The summed E-state index contributed by atoms with van der Waals surface area (Å²) in [5.41, 5.74) is 0. The van der Waals surface area contributed by atoms with Crippen LogP contribution in [-0.2, 0) is 0 Å². The fourth-order valence-corrected chi connectivity index (χ4v) is 0. The van der Waals surface area contributed by atoms with Crippen LogP contribution < -0.4 is 0 Å². The van der Waals surface area contributed by atoms with Crippen LogP contribution in [0.5, 0.6) is 0 Å². The van der Waals surface area contributed by atoms with E-state index in [-0.39, 0.29) is 97.0 Å². The molecule has 0 aliphatic carbocycles. The molecule has 0 saturated carbocycles. The van der Waals surface area contributed by atoms with Crippen molar-refractivity contribution < 1.29 is 0 Å². The Morgan fingerprint density at radius 2 is 1.00 bits per heavy atom. The monoisotopic (exact) mass is 106 g/mol. The molecule has 0 aromatic carbocycles. The molecule has 0 unspecified atom stereocenters. The summed E-state index contributed by atoms with van der Waals surface area (Å²) < 4.78 is 0. The smallest absolute Gasteiger partial charge is 0.316 e. The zero-order valence-electron chi connectivity index (χ0n) is 0. The molecule has 0 aliphatic heterocycles. The third kappa shape index (κ3) is 8.94. The molecule has 0 aromatic rings. The summed E-state index contributed by atoms with van der Waals surface area (Å²) in [5, 5.41) is 0. The molecule has 0 amide bonds. The summed E-state index contributed by atoms with van der Waals surface area (Å²) in [6.45, 7) is 0. The second-order valence-electron chi connectivity index (χ2n) is 0. The van der Waals surface area contributed by atoms with Crippen molar-refractivity contribution in [1.29, 1.82) is 0 Å². The van der Waals surface area contributed by atoms with Crippen molar-refractivity contribution in [2.75, 3.05) is 0 Å². The van der Waals surface area contributed by atoms with E-state index >= 15 is 0 Å². The van der Waals surface area contributed by atoms with Crippen LogP contribution in [0.4, 0.5) is 0 Å². The van der Waals surface area contributed by atoms with E-state index in [0.29, 0.717) is 0 Å². The van der Waals surface area contributed by atoms with Crippen LogP contribution in [0.2, 0.25) is 0 Å².